The molecule has 21 heavy (non-hydrogen) atoms. The maximum absolute atomic E-state index is 12.2. The quantitative estimate of drug-likeness (QED) is 0.796. The predicted molar refractivity (Wildman–Crippen MR) is 78.4 cm³/mol. The molecule has 0 fully saturated rings. The average molecular weight is 310 g/mol. The molecule has 0 saturated carbocycles. The Bertz CT molecular complexity index is 686. The summed E-state index contributed by atoms with van der Waals surface area (Å²) in [5.74, 6) is 1.66. The van der Waals surface area contributed by atoms with Gasteiger partial charge in [0, 0.05) is 13.7 Å². The fraction of sp³-hybridized carbons (Fsp3) is 0.462. The fourth-order valence-corrected chi connectivity index (χ4v) is 2.33. The Morgan fingerprint density at radius 2 is 2.38 bits per heavy atom. The molecule has 0 aliphatic heterocycles. The number of hydrogen-bond acceptors (Lipinski definition) is 5. The van der Waals surface area contributed by atoms with Crippen LogP contribution < -0.4 is 5.32 Å². The average Bonchev–Trinajstić information content (AvgIpc) is 2.99. The van der Waals surface area contributed by atoms with E-state index in [9.17, 15) is 4.79 Å². The number of aryl methyl sites for hydroxylation is 1. The minimum atomic E-state index is -0.213. The van der Waals surface area contributed by atoms with E-state index in [0.717, 1.165) is 0 Å². The van der Waals surface area contributed by atoms with Crippen LogP contribution in [0.15, 0.2) is 10.5 Å². The first kappa shape index (κ1) is 15.5. The van der Waals surface area contributed by atoms with Gasteiger partial charge in [0.2, 0.25) is 0 Å². The Morgan fingerprint density at radius 1 is 1.62 bits per heavy atom. The van der Waals surface area contributed by atoms with Crippen molar-refractivity contribution in [3.63, 3.8) is 0 Å². The monoisotopic (exact) mass is 310 g/mol. The van der Waals surface area contributed by atoms with Crippen molar-refractivity contribution < 1.29 is 13.9 Å². The molecule has 0 bridgehead atoms. The van der Waals surface area contributed by atoms with Crippen LogP contribution in [0.2, 0.25) is 0 Å². The van der Waals surface area contributed by atoms with E-state index < -0.39 is 0 Å². The van der Waals surface area contributed by atoms with Crippen molar-refractivity contribution in [2.45, 2.75) is 33.5 Å². The van der Waals surface area contributed by atoms with Gasteiger partial charge in [-0.25, -0.2) is 0 Å². The first-order valence-corrected chi connectivity index (χ1v) is 6.98. The van der Waals surface area contributed by atoms with Gasteiger partial charge in [0.1, 0.15) is 18.1 Å². The van der Waals surface area contributed by atoms with Crippen molar-refractivity contribution in [3.8, 4) is 0 Å². The smallest absolute Gasteiger partial charge is 0.255 e. The predicted octanol–water partition coefficient (Wildman–Crippen LogP) is 1.94. The summed E-state index contributed by atoms with van der Waals surface area (Å²) in [6.45, 7) is 5.04. The summed E-state index contributed by atoms with van der Waals surface area (Å²) in [4.78, 5) is 12.2. The van der Waals surface area contributed by atoms with Gasteiger partial charge in [-0.2, -0.15) is 5.10 Å². The van der Waals surface area contributed by atoms with Crippen LogP contribution in [0.5, 0.6) is 0 Å². The molecule has 2 N–H and O–H groups in total. The van der Waals surface area contributed by atoms with E-state index in [-0.39, 0.29) is 5.91 Å². The molecule has 2 aromatic rings. The number of methoxy groups -OCH3 is 1. The highest BCUT2D eigenvalue weighted by molar-refractivity contribution is 7.71. The second kappa shape index (κ2) is 6.68. The maximum atomic E-state index is 12.2. The molecule has 0 radical (unpaired) electrons. The molecule has 0 unspecified atom stereocenters. The molecular weight excluding hydrogens is 292 g/mol. The van der Waals surface area contributed by atoms with Crippen LogP contribution in [0.25, 0.3) is 0 Å². The molecule has 0 spiro atoms. The molecule has 8 heteroatoms. The summed E-state index contributed by atoms with van der Waals surface area (Å²) in [6, 6.07) is 1.69. The molecule has 0 aliphatic carbocycles. The van der Waals surface area contributed by atoms with E-state index in [0.29, 0.717) is 47.4 Å². The third-order valence-electron chi connectivity index (χ3n) is 3.06. The highest BCUT2D eigenvalue weighted by Gasteiger charge is 2.15. The van der Waals surface area contributed by atoms with E-state index in [1.165, 1.54) is 0 Å². The zero-order chi connectivity index (χ0) is 15.4. The first-order valence-electron chi connectivity index (χ1n) is 6.57. The second-order valence-corrected chi connectivity index (χ2v) is 4.87. The highest BCUT2D eigenvalue weighted by atomic mass is 32.1. The number of hydrogen-bond donors (Lipinski definition) is 2. The SMILES string of the molecule is CCn1c(CNC(=O)c2cc(COC)oc2C)n[nH]c1=S. The van der Waals surface area contributed by atoms with Gasteiger partial charge in [0.25, 0.3) is 5.91 Å². The van der Waals surface area contributed by atoms with Crippen molar-refractivity contribution in [2.24, 2.45) is 0 Å². The number of ether oxygens (including phenoxy) is 1. The van der Waals surface area contributed by atoms with E-state index in [1.54, 1.807) is 20.1 Å². The Balaban J connectivity index is 2.06. The summed E-state index contributed by atoms with van der Waals surface area (Å²) in [7, 11) is 1.57. The molecule has 2 rings (SSSR count). The molecule has 0 aliphatic rings. The maximum Gasteiger partial charge on any atom is 0.255 e. The Hall–Kier alpha value is -1.93. The minimum absolute atomic E-state index is 0.213. The van der Waals surface area contributed by atoms with Crippen LogP contribution in [0.4, 0.5) is 0 Å². The number of nitrogens with zero attached hydrogens (tertiary/aromatic N) is 2. The van der Waals surface area contributed by atoms with Gasteiger partial charge in [0.05, 0.1) is 12.1 Å². The van der Waals surface area contributed by atoms with E-state index in [1.807, 2.05) is 11.5 Å². The van der Waals surface area contributed by atoms with Crippen molar-refractivity contribution in [1.82, 2.24) is 20.1 Å². The van der Waals surface area contributed by atoms with Gasteiger partial charge in [-0.3, -0.25) is 9.89 Å². The van der Waals surface area contributed by atoms with Crippen molar-refractivity contribution in [2.75, 3.05) is 7.11 Å². The molecule has 114 valence electrons. The normalized spacial score (nSPS) is 10.8. The van der Waals surface area contributed by atoms with Gasteiger partial charge >= 0.3 is 0 Å². The third-order valence-corrected chi connectivity index (χ3v) is 3.37. The van der Waals surface area contributed by atoms with Crippen LogP contribution in [0, 0.1) is 11.7 Å². The van der Waals surface area contributed by atoms with E-state index >= 15 is 0 Å². The second-order valence-electron chi connectivity index (χ2n) is 4.49. The highest BCUT2D eigenvalue weighted by Crippen LogP contribution is 2.15. The minimum Gasteiger partial charge on any atom is -0.463 e. The lowest BCUT2D eigenvalue weighted by molar-refractivity contribution is 0.0948. The van der Waals surface area contributed by atoms with E-state index in [2.05, 4.69) is 15.5 Å². The van der Waals surface area contributed by atoms with Gasteiger partial charge in [0.15, 0.2) is 10.6 Å². The largest absolute Gasteiger partial charge is 0.463 e. The number of aromatic nitrogens is 3. The third kappa shape index (κ3) is 3.40. The number of furan rings is 1. The number of aromatic amines is 1. The number of nitrogens with one attached hydrogen (secondary N) is 2. The summed E-state index contributed by atoms with van der Waals surface area (Å²) >= 11 is 5.10. The fourth-order valence-electron chi connectivity index (χ4n) is 2.05. The van der Waals surface area contributed by atoms with Gasteiger partial charge in [-0.05, 0) is 32.1 Å². The molecule has 2 aromatic heterocycles. The van der Waals surface area contributed by atoms with Gasteiger partial charge < -0.3 is 19.0 Å². The van der Waals surface area contributed by atoms with Gasteiger partial charge in [-0.1, -0.05) is 0 Å². The molecule has 7 nitrogen and oxygen atoms in total. The lowest BCUT2D eigenvalue weighted by atomic mass is 10.2. The Kier molecular flexibility index (Phi) is 4.92. The van der Waals surface area contributed by atoms with Gasteiger partial charge in [-0.15, -0.1) is 0 Å². The van der Waals surface area contributed by atoms with Crippen LogP contribution in [0.1, 0.15) is 34.6 Å². The van der Waals surface area contributed by atoms with Crippen LogP contribution in [-0.4, -0.2) is 27.8 Å². The molecule has 0 atom stereocenters. The van der Waals surface area contributed by atoms with Crippen LogP contribution in [-0.2, 0) is 24.4 Å². The number of H-pyrrole nitrogens is 1. The van der Waals surface area contributed by atoms with Crippen molar-refractivity contribution >= 4 is 18.1 Å². The van der Waals surface area contributed by atoms with Crippen molar-refractivity contribution in [3.05, 3.63) is 33.7 Å². The number of carbonyl (C=O) groups excluding carboxylic acids is 1. The first-order chi connectivity index (χ1) is 10.1. The van der Waals surface area contributed by atoms with E-state index in [4.69, 9.17) is 21.4 Å². The summed E-state index contributed by atoms with van der Waals surface area (Å²) in [5.41, 5.74) is 0.499. The van der Waals surface area contributed by atoms with Crippen molar-refractivity contribution in [1.29, 1.82) is 0 Å². The number of amides is 1. The zero-order valence-electron chi connectivity index (χ0n) is 12.2. The summed E-state index contributed by atoms with van der Waals surface area (Å²) < 4.78 is 12.8. The molecular formula is C13H18N4O3S. The molecule has 0 saturated heterocycles. The molecule has 2 heterocycles. The number of carbonyl (C=O) groups is 1. The number of rotatable bonds is 6. The standard InChI is InChI=1S/C13H18N4O3S/c1-4-17-11(15-16-13(17)21)6-14-12(18)10-5-9(7-19-3)20-8(10)2/h5H,4,6-7H2,1-3H3,(H,14,18)(H,16,21). The Labute approximate surface area is 127 Å². The molecule has 1 amide bonds. The van der Waals surface area contributed by atoms with Crippen LogP contribution in [0.3, 0.4) is 0 Å². The lowest BCUT2D eigenvalue weighted by Gasteiger charge is -2.05. The topological polar surface area (TPSA) is 85.1 Å². The van der Waals surface area contributed by atoms with Crippen LogP contribution >= 0.6 is 12.2 Å². The molecule has 0 aromatic carbocycles. The zero-order valence-corrected chi connectivity index (χ0v) is 13.0. The summed E-state index contributed by atoms with van der Waals surface area (Å²) in [6.07, 6.45) is 0. The Morgan fingerprint density at radius 3 is 3.05 bits per heavy atom. The summed E-state index contributed by atoms with van der Waals surface area (Å²) in [5, 5.41) is 9.62. The lowest BCUT2D eigenvalue weighted by Crippen LogP contribution is -2.25.